The van der Waals surface area contributed by atoms with Crippen LogP contribution in [0.2, 0.25) is 0 Å². The largest absolute Gasteiger partial charge is 0.492 e. The second kappa shape index (κ2) is 5.96. The van der Waals surface area contributed by atoms with Gasteiger partial charge in [0.25, 0.3) is 0 Å². The number of carbonyl (C=O) groups excluding carboxylic acids is 1. The number of Topliss-reactive ketones (excluding diaryl/α,β-unsaturated/α-hetero) is 1. The summed E-state index contributed by atoms with van der Waals surface area (Å²) in [4.78, 5) is 15.6. The van der Waals surface area contributed by atoms with Gasteiger partial charge in [0.2, 0.25) is 0 Å². The molecule has 0 atom stereocenters. The van der Waals surface area contributed by atoms with E-state index in [0.717, 1.165) is 12.1 Å². The lowest BCUT2D eigenvalue weighted by Gasteiger charge is -2.09. The Kier molecular flexibility index (Phi) is 4.07. The van der Waals surface area contributed by atoms with Crippen LogP contribution in [0, 0.1) is 0 Å². The van der Waals surface area contributed by atoms with E-state index in [1.54, 1.807) is 19.2 Å². The third-order valence-corrected chi connectivity index (χ3v) is 2.61. The molecule has 0 spiro atoms. The summed E-state index contributed by atoms with van der Waals surface area (Å²) in [6, 6.07) is 13.1. The van der Waals surface area contributed by atoms with Gasteiger partial charge in [-0.3, -0.25) is 9.78 Å². The summed E-state index contributed by atoms with van der Waals surface area (Å²) in [6.45, 7) is 2.06. The van der Waals surface area contributed by atoms with Gasteiger partial charge < -0.3 is 4.74 Å². The third-order valence-electron chi connectivity index (χ3n) is 2.61. The van der Waals surface area contributed by atoms with Gasteiger partial charge >= 0.3 is 0 Å². The molecule has 0 bridgehead atoms. The maximum absolute atomic E-state index is 11.4. The number of hydrogen-bond donors (Lipinski definition) is 0. The van der Waals surface area contributed by atoms with Gasteiger partial charge in [0, 0.05) is 18.3 Å². The third kappa shape index (κ3) is 3.17. The molecule has 1 aromatic carbocycles. The molecular formula is C15H15NO2. The van der Waals surface area contributed by atoms with Crippen molar-refractivity contribution in [3.05, 3.63) is 59.9 Å². The van der Waals surface area contributed by atoms with E-state index < -0.39 is 0 Å². The summed E-state index contributed by atoms with van der Waals surface area (Å²) in [7, 11) is 0. The molecule has 1 heterocycles. The van der Waals surface area contributed by atoms with Crippen LogP contribution in [-0.4, -0.2) is 17.4 Å². The second-order valence-corrected chi connectivity index (χ2v) is 3.97. The molecule has 0 radical (unpaired) electrons. The van der Waals surface area contributed by atoms with Crippen molar-refractivity contribution < 1.29 is 9.53 Å². The number of ether oxygens (including phenoxy) is 1. The first-order valence-corrected chi connectivity index (χ1v) is 5.90. The van der Waals surface area contributed by atoms with Crippen LogP contribution in [0.25, 0.3) is 0 Å². The van der Waals surface area contributed by atoms with Crippen molar-refractivity contribution in [2.75, 3.05) is 6.61 Å². The van der Waals surface area contributed by atoms with Crippen molar-refractivity contribution in [3.8, 4) is 5.75 Å². The SMILES string of the molecule is CC(=O)c1ccccc1OCCc1ccccn1. The Labute approximate surface area is 106 Å². The Morgan fingerprint density at radius 3 is 2.67 bits per heavy atom. The summed E-state index contributed by atoms with van der Waals surface area (Å²) in [6.07, 6.45) is 2.49. The molecule has 0 N–H and O–H groups in total. The van der Waals surface area contributed by atoms with Crippen LogP contribution in [0.3, 0.4) is 0 Å². The standard InChI is InChI=1S/C15H15NO2/c1-12(17)14-7-2-3-8-15(14)18-11-9-13-6-4-5-10-16-13/h2-8,10H,9,11H2,1H3. The number of ketones is 1. The van der Waals surface area contributed by atoms with E-state index >= 15 is 0 Å². The summed E-state index contributed by atoms with van der Waals surface area (Å²) in [5.41, 5.74) is 1.61. The molecule has 3 heteroatoms. The maximum Gasteiger partial charge on any atom is 0.163 e. The maximum atomic E-state index is 11.4. The molecule has 0 fully saturated rings. The smallest absolute Gasteiger partial charge is 0.163 e. The number of pyridine rings is 1. The Balaban J connectivity index is 1.97. The van der Waals surface area contributed by atoms with Crippen molar-refractivity contribution in [2.24, 2.45) is 0 Å². The highest BCUT2D eigenvalue weighted by molar-refractivity contribution is 5.96. The highest BCUT2D eigenvalue weighted by Gasteiger charge is 2.06. The molecule has 0 saturated carbocycles. The van der Waals surface area contributed by atoms with E-state index in [1.165, 1.54) is 0 Å². The lowest BCUT2D eigenvalue weighted by molar-refractivity contribution is 0.101. The molecule has 1 aromatic heterocycles. The Hall–Kier alpha value is -2.16. The van der Waals surface area contributed by atoms with E-state index in [-0.39, 0.29) is 5.78 Å². The van der Waals surface area contributed by atoms with Crippen LogP contribution in [-0.2, 0) is 6.42 Å². The summed E-state index contributed by atoms with van der Waals surface area (Å²) < 4.78 is 5.64. The van der Waals surface area contributed by atoms with Gasteiger partial charge in [0.15, 0.2) is 5.78 Å². The van der Waals surface area contributed by atoms with E-state index in [2.05, 4.69) is 4.98 Å². The predicted octanol–water partition coefficient (Wildman–Crippen LogP) is 2.91. The zero-order valence-corrected chi connectivity index (χ0v) is 10.3. The zero-order valence-electron chi connectivity index (χ0n) is 10.3. The fourth-order valence-electron chi connectivity index (χ4n) is 1.69. The first-order valence-electron chi connectivity index (χ1n) is 5.90. The molecule has 18 heavy (non-hydrogen) atoms. The molecule has 0 saturated heterocycles. The van der Waals surface area contributed by atoms with Crippen molar-refractivity contribution in [3.63, 3.8) is 0 Å². The van der Waals surface area contributed by atoms with Crippen LogP contribution < -0.4 is 4.74 Å². The quantitative estimate of drug-likeness (QED) is 0.755. The molecule has 0 aliphatic heterocycles. The van der Waals surface area contributed by atoms with E-state index in [4.69, 9.17) is 4.74 Å². The molecular weight excluding hydrogens is 226 g/mol. The van der Waals surface area contributed by atoms with Gasteiger partial charge in [-0.15, -0.1) is 0 Å². The number of nitrogens with zero attached hydrogens (tertiary/aromatic N) is 1. The van der Waals surface area contributed by atoms with Gasteiger partial charge in [-0.05, 0) is 31.2 Å². The first-order chi connectivity index (χ1) is 8.77. The van der Waals surface area contributed by atoms with Crippen molar-refractivity contribution in [2.45, 2.75) is 13.3 Å². The normalized spacial score (nSPS) is 10.1. The fraction of sp³-hybridized carbons (Fsp3) is 0.200. The topological polar surface area (TPSA) is 39.2 Å². The van der Waals surface area contributed by atoms with Crippen LogP contribution >= 0.6 is 0 Å². The summed E-state index contributed by atoms with van der Waals surface area (Å²) in [5, 5.41) is 0. The van der Waals surface area contributed by atoms with Crippen LogP contribution in [0.1, 0.15) is 23.0 Å². The van der Waals surface area contributed by atoms with E-state index in [0.29, 0.717) is 17.9 Å². The Morgan fingerprint density at radius 1 is 1.17 bits per heavy atom. The number of para-hydroxylation sites is 1. The number of benzene rings is 1. The lowest BCUT2D eigenvalue weighted by Crippen LogP contribution is -2.05. The lowest BCUT2D eigenvalue weighted by atomic mass is 10.1. The van der Waals surface area contributed by atoms with Crippen LogP contribution in [0.4, 0.5) is 0 Å². The average molecular weight is 241 g/mol. The second-order valence-electron chi connectivity index (χ2n) is 3.97. The van der Waals surface area contributed by atoms with Crippen LogP contribution in [0.15, 0.2) is 48.7 Å². The molecule has 0 unspecified atom stereocenters. The van der Waals surface area contributed by atoms with Gasteiger partial charge in [-0.1, -0.05) is 18.2 Å². The van der Waals surface area contributed by atoms with Gasteiger partial charge in [-0.2, -0.15) is 0 Å². The van der Waals surface area contributed by atoms with Crippen molar-refractivity contribution in [1.82, 2.24) is 4.98 Å². The molecule has 3 nitrogen and oxygen atoms in total. The monoisotopic (exact) mass is 241 g/mol. The van der Waals surface area contributed by atoms with Gasteiger partial charge in [-0.25, -0.2) is 0 Å². The molecule has 2 aromatic rings. The molecule has 0 aliphatic rings. The Morgan fingerprint density at radius 2 is 1.94 bits per heavy atom. The van der Waals surface area contributed by atoms with E-state index in [1.807, 2.05) is 36.4 Å². The average Bonchev–Trinajstić information content (AvgIpc) is 2.40. The fourth-order valence-corrected chi connectivity index (χ4v) is 1.69. The van der Waals surface area contributed by atoms with Crippen molar-refractivity contribution in [1.29, 1.82) is 0 Å². The van der Waals surface area contributed by atoms with E-state index in [9.17, 15) is 4.79 Å². The minimum atomic E-state index is 0.0171. The summed E-state index contributed by atoms with van der Waals surface area (Å²) in [5.74, 6) is 0.657. The first kappa shape index (κ1) is 12.3. The molecule has 2 rings (SSSR count). The van der Waals surface area contributed by atoms with Gasteiger partial charge in [0.1, 0.15) is 5.75 Å². The summed E-state index contributed by atoms with van der Waals surface area (Å²) >= 11 is 0. The Bertz CT molecular complexity index is 523. The number of aromatic nitrogens is 1. The number of hydrogen-bond acceptors (Lipinski definition) is 3. The molecule has 0 aliphatic carbocycles. The minimum Gasteiger partial charge on any atom is -0.492 e. The minimum absolute atomic E-state index is 0.0171. The highest BCUT2D eigenvalue weighted by atomic mass is 16.5. The zero-order chi connectivity index (χ0) is 12.8. The van der Waals surface area contributed by atoms with Crippen molar-refractivity contribution >= 4 is 5.78 Å². The molecule has 92 valence electrons. The predicted molar refractivity (Wildman–Crippen MR) is 69.9 cm³/mol. The number of carbonyl (C=O) groups is 1. The van der Waals surface area contributed by atoms with Crippen LogP contribution in [0.5, 0.6) is 5.75 Å². The molecule has 0 amide bonds. The van der Waals surface area contributed by atoms with Gasteiger partial charge in [0.05, 0.1) is 12.2 Å². The number of rotatable bonds is 5. The highest BCUT2D eigenvalue weighted by Crippen LogP contribution is 2.18.